The molecule has 1 saturated heterocycles. The molecule has 3 aromatic rings. The first kappa shape index (κ1) is 23.3. The van der Waals surface area contributed by atoms with Crippen molar-refractivity contribution in [2.75, 3.05) is 33.4 Å². The second kappa shape index (κ2) is 10.9. The summed E-state index contributed by atoms with van der Waals surface area (Å²) in [5.41, 5.74) is 5.03. The van der Waals surface area contributed by atoms with Gasteiger partial charge in [0.25, 0.3) is 0 Å². The van der Waals surface area contributed by atoms with Crippen LogP contribution in [0.2, 0.25) is 5.02 Å². The van der Waals surface area contributed by atoms with E-state index in [1.165, 1.54) is 39.1 Å². The van der Waals surface area contributed by atoms with Crippen molar-refractivity contribution in [3.8, 4) is 11.5 Å². The van der Waals surface area contributed by atoms with Gasteiger partial charge in [-0.1, -0.05) is 41.9 Å². The van der Waals surface area contributed by atoms with Gasteiger partial charge in [0.2, 0.25) is 0 Å². The molecule has 0 saturated carbocycles. The van der Waals surface area contributed by atoms with Crippen LogP contribution in [0.4, 0.5) is 4.39 Å². The summed E-state index contributed by atoms with van der Waals surface area (Å²) in [5.74, 6) is 0.705. The van der Waals surface area contributed by atoms with E-state index in [9.17, 15) is 4.39 Å². The highest BCUT2D eigenvalue weighted by Crippen LogP contribution is 2.35. The highest BCUT2D eigenvalue weighted by Gasteiger charge is 2.14. The predicted molar refractivity (Wildman–Crippen MR) is 134 cm³/mol. The lowest BCUT2D eigenvalue weighted by molar-refractivity contribution is 0.238. The molecule has 0 spiro atoms. The van der Waals surface area contributed by atoms with Gasteiger partial charge < -0.3 is 9.47 Å². The number of hydrogen-bond donors (Lipinski definition) is 0. The maximum absolute atomic E-state index is 14.0. The van der Waals surface area contributed by atoms with Gasteiger partial charge in [-0.05, 0) is 97.1 Å². The normalized spacial score (nSPS) is 14.8. The summed E-state index contributed by atoms with van der Waals surface area (Å²) in [7, 11) is 1.48. The highest BCUT2D eigenvalue weighted by molar-refractivity contribution is 6.30. The number of rotatable bonds is 8. The SMILES string of the molecule is COc1cc(/C(C)=C(\c2ccc(Cl)cc2)c2ccc(OCCN3CCCC3)cc2)ccc1F. The van der Waals surface area contributed by atoms with Crippen LogP contribution >= 0.6 is 11.6 Å². The van der Waals surface area contributed by atoms with Crippen LogP contribution in [-0.2, 0) is 0 Å². The van der Waals surface area contributed by atoms with E-state index >= 15 is 0 Å². The zero-order valence-electron chi connectivity index (χ0n) is 19.1. The Labute approximate surface area is 200 Å². The van der Waals surface area contributed by atoms with Gasteiger partial charge in [0.15, 0.2) is 11.6 Å². The van der Waals surface area contributed by atoms with Gasteiger partial charge in [0.1, 0.15) is 12.4 Å². The molecule has 0 atom stereocenters. The molecule has 1 fully saturated rings. The van der Waals surface area contributed by atoms with Crippen molar-refractivity contribution in [3.63, 3.8) is 0 Å². The fraction of sp³-hybridized carbons (Fsp3) is 0.286. The molecule has 5 heteroatoms. The zero-order chi connectivity index (χ0) is 23.2. The van der Waals surface area contributed by atoms with Crippen molar-refractivity contribution >= 4 is 22.7 Å². The summed E-state index contributed by atoms with van der Waals surface area (Å²) in [6.45, 7) is 6.03. The molecule has 1 heterocycles. The standard InChI is InChI=1S/C28H29ClFNO2/c1-20(23-9-14-26(30)27(19-23)32-2)28(21-5-10-24(29)11-6-21)22-7-12-25(13-8-22)33-18-17-31-15-3-4-16-31/h5-14,19H,3-4,15-18H2,1-2H3/b28-20+. The Morgan fingerprint density at radius 3 is 2.15 bits per heavy atom. The maximum atomic E-state index is 14.0. The van der Waals surface area contributed by atoms with Crippen LogP contribution in [0.1, 0.15) is 36.5 Å². The van der Waals surface area contributed by atoms with Crippen molar-refractivity contribution in [2.24, 2.45) is 0 Å². The highest BCUT2D eigenvalue weighted by atomic mass is 35.5. The molecule has 0 amide bonds. The number of nitrogens with zero attached hydrogens (tertiary/aromatic N) is 1. The topological polar surface area (TPSA) is 21.7 Å². The minimum atomic E-state index is -0.377. The number of allylic oxidation sites excluding steroid dienone is 1. The second-order valence-corrected chi connectivity index (χ2v) is 8.71. The van der Waals surface area contributed by atoms with Gasteiger partial charge in [-0.3, -0.25) is 4.90 Å². The predicted octanol–water partition coefficient (Wildman–Crippen LogP) is 6.94. The van der Waals surface area contributed by atoms with E-state index in [4.69, 9.17) is 21.1 Å². The van der Waals surface area contributed by atoms with Crippen LogP contribution in [0.25, 0.3) is 11.1 Å². The number of hydrogen-bond acceptors (Lipinski definition) is 3. The molecule has 0 bridgehead atoms. The van der Waals surface area contributed by atoms with Crippen LogP contribution in [0.15, 0.2) is 66.7 Å². The van der Waals surface area contributed by atoms with Gasteiger partial charge in [0.05, 0.1) is 7.11 Å². The monoisotopic (exact) mass is 465 g/mol. The zero-order valence-corrected chi connectivity index (χ0v) is 19.9. The van der Waals surface area contributed by atoms with E-state index in [0.717, 1.165) is 40.1 Å². The Hall–Kier alpha value is -2.82. The van der Waals surface area contributed by atoms with E-state index in [2.05, 4.69) is 17.0 Å². The van der Waals surface area contributed by atoms with Gasteiger partial charge in [-0.15, -0.1) is 0 Å². The first-order valence-corrected chi connectivity index (χ1v) is 11.7. The molecular formula is C28H29ClFNO2. The second-order valence-electron chi connectivity index (χ2n) is 8.28. The lowest BCUT2D eigenvalue weighted by atomic mass is 9.90. The third-order valence-electron chi connectivity index (χ3n) is 6.11. The third-order valence-corrected chi connectivity index (χ3v) is 6.36. The number of benzene rings is 3. The number of likely N-dealkylation sites (tertiary alicyclic amines) is 1. The van der Waals surface area contributed by atoms with E-state index in [-0.39, 0.29) is 11.6 Å². The molecular weight excluding hydrogens is 437 g/mol. The fourth-order valence-electron chi connectivity index (χ4n) is 4.27. The molecule has 1 aliphatic rings. The molecule has 0 unspecified atom stereocenters. The molecule has 3 aromatic carbocycles. The lowest BCUT2D eigenvalue weighted by Gasteiger charge is -2.17. The minimum absolute atomic E-state index is 0.226. The third kappa shape index (κ3) is 5.76. The van der Waals surface area contributed by atoms with Crippen molar-refractivity contribution in [2.45, 2.75) is 19.8 Å². The Balaban J connectivity index is 1.63. The smallest absolute Gasteiger partial charge is 0.165 e. The summed E-state index contributed by atoms with van der Waals surface area (Å²) >= 11 is 6.14. The average Bonchev–Trinajstić information content (AvgIpc) is 3.35. The van der Waals surface area contributed by atoms with Crippen molar-refractivity contribution in [1.82, 2.24) is 4.90 Å². The van der Waals surface area contributed by atoms with Crippen molar-refractivity contribution in [1.29, 1.82) is 0 Å². The van der Waals surface area contributed by atoms with Gasteiger partial charge >= 0.3 is 0 Å². The summed E-state index contributed by atoms with van der Waals surface area (Å²) < 4.78 is 25.2. The molecule has 0 aromatic heterocycles. The number of ether oxygens (including phenoxy) is 2. The van der Waals surface area contributed by atoms with E-state index in [0.29, 0.717) is 11.6 Å². The van der Waals surface area contributed by atoms with Crippen LogP contribution in [-0.4, -0.2) is 38.3 Å². The Kier molecular flexibility index (Phi) is 7.69. The van der Waals surface area contributed by atoms with E-state index < -0.39 is 0 Å². The summed E-state index contributed by atoms with van der Waals surface area (Å²) in [6, 6.07) is 20.9. The van der Waals surface area contributed by atoms with Crippen molar-refractivity contribution in [3.05, 3.63) is 94.3 Å². The Morgan fingerprint density at radius 2 is 1.52 bits per heavy atom. The molecule has 0 radical (unpaired) electrons. The first-order valence-electron chi connectivity index (χ1n) is 11.3. The van der Waals surface area contributed by atoms with Gasteiger partial charge in [-0.25, -0.2) is 4.39 Å². The molecule has 172 valence electrons. The molecule has 1 aliphatic heterocycles. The van der Waals surface area contributed by atoms with Crippen molar-refractivity contribution < 1.29 is 13.9 Å². The first-order chi connectivity index (χ1) is 16.0. The van der Waals surface area contributed by atoms with Gasteiger partial charge in [-0.2, -0.15) is 0 Å². The quantitative estimate of drug-likeness (QED) is 0.336. The number of halogens is 2. The number of methoxy groups -OCH3 is 1. The van der Waals surface area contributed by atoms with Crippen LogP contribution in [0.3, 0.4) is 0 Å². The van der Waals surface area contributed by atoms with Crippen LogP contribution < -0.4 is 9.47 Å². The summed E-state index contributed by atoms with van der Waals surface area (Å²) in [6.07, 6.45) is 2.57. The molecule has 33 heavy (non-hydrogen) atoms. The molecule has 4 rings (SSSR count). The van der Waals surface area contributed by atoms with E-state index in [1.54, 1.807) is 12.1 Å². The maximum Gasteiger partial charge on any atom is 0.165 e. The van der Waals surface area contributed by atoms with E-state index in [1.807, 2.05) is 43.3 Å². The fourth-order valence-corrected chi connectivity index (χ4v) is 4.40. The minimum Gasteiger partial charge on any atom is -0.494 e. The lowest BCUT2D eigenvalue weighted by Crippen LogP contribution is -2.25. The van der Waals surface area contributed by atoms with Gasteiger partial charge in [0, 0.05) is 11.6 Å². The molecule has 0 N–H and O–H groups in total. The Bertz CT molecular complexity index is 1100. The van der Waals surface area contributed by atoms with Crippen LogP contribution in [0.5, 0.6) is 11.5 Å². The average molecular weight is 466 g/mol. The Morgan fingerprint density at radius 1 is 0.909 bits per heavy atom. The van der Waals surface area contributed by atoms with Crippen LogP contribution in [0, 0.1) is 5.82 Å². The summed E-state index contributed by atoms with van der Waals surface area (Å²) in [4.78, 5) is 2.44. The molecule has 0 aliphatic carbocycles. The largest absolute Gasteiger partial charge is 0.494 e. The summed E-state index contributed by atoms with van der Waals surface area (Å²) in [5, 5.41) is 0.681. The molecule has 3 nitrogen and oxygen atoms in total.